The third-order valence-corrected chi connectivity index (χ3v) is 4.75. The molecule has 3 aromatic rings. The molecule has 0 aliphatic heterocycles. The summed E-state index contributed by atoms with van der Waals surface area (Å²) in [4.78, 5) is 24.0. The maximum Gasteiger partial charge on any atom is 0.404 e. The van der Waals surface area contributed by atoms with Crippen LogP contribution in [-0.2, 0) is 4.74 Å². The smallest absolute Gasteiger partial charge is 0.404 e. The van der Waals surface area contributed by atoms with Crippen molar-refractivity contribution in [2.75, 3.05) is 23.8 Å². The number of hydrogen-bond donors (Lipinski definition) is 3. The number of carbonyl (C=O) groups excluding carboxylic acids is 1. The van der Waals surface area contributed by atoms with Gasteiger partial charge < -0.3 is 21.1 Å². The Morgan fingerprint density at radius 3 is 2.74 bits per heavy atom. The van der Waals surface area contributed by atoms with Crippen molar-refractivity contribution in [2.24, 2.45) is 5.73 Å². The van der Waals surface area contributed by atoms with Gasteiger partial charge in [0.2, 0.25) is 0 Å². The summed E-state index contributed by atoms with van der Waals surface area (Å²) in [7, 11) is 0. The Kier molecular flexibility index (Phi) is 5.89. The van der Waals surface area contributed by atoms with E-state index in [1.165, 1.54) is 18.4 Å². The molecule has 3 heterocycles. The molecule has 9 nitrogen and oxygen atoms in total. The van der Waals surface area contributed by atoms with Crippen molar-refractivity contribution < 1.29 is 9.53 Å². The molecular formula is C22H21N7O2. The summed E-state index contributed by atoms with van der Waals surface area (Å²) in [5.74, 6) is 2.44. The van der Waals surface area contributed by atoms with Crippen LogP contribution in [0.15, 0.2) is 48.8 Å². The second kappa shape index (κ2) is 9.09. The third kappa shape index (κ3) is 5.45. The Hall–Kier alpha value is -4.19. The molecule has 1 saturated carbocycles. The highest BCUT2D eigenvalue weighted by molar-refractivity contribution is 5.66. The monoisotopic (exact) mass is 415 g/mol. The van der Waals surface area contributed by atoms with E-state index in [4.69, 9.17) is 16.0 Å². The molecule has 156 valence electrons. The quantitative estimate of drug-likeness (QED) is 0.475. The first-order chi connectivity index (χ1) is 15.1. The molecule has 4 rings (SSSR count). The first-order valence-corrected chi connectivity index (χ1v) is 9.88. The summed E-state index contributed by atoms with van der Waals surface area (Å²) in [6.07, 6.45) is 4.87. The molecule has 1 aliphatic rings. The SMILES string of the molecule is N#Cc1ccnc(Nc2cc(C3CC3)cc(-c3ccc(NCCOC(N)=O)nc3)n2)c1. The van der Waals surface area contributed by atoms with E-state index in [2.05, 4.69) is 37.5 Å². The Balaban J connectivity index is 1.52. The molecule has 0 unspecified atom stereocenters. The van der Waals surface area contributed by atoms with Crippen molar-refractivity contribution in [3.8, 4) is 17.3 Å². The average Bonchev–Trinajstić information content (AvgIpc) is 3.62. The minimum atomic E-state index is -0.800. The van der Waals surface area contributed by atoms with Crippen LogP contribution in [0.5, 0.6) is 0 Å². The lowest BCUT2D eigenvalue weighted by atomic mass is 10.1. The minimum Gasteiger partial charge on any atom is -0.448 e. The number of rotatable bonds is 8. The highest BCUT2D eigenvalue weighted by Crippen LogP contribution is 2.42. The largest absolute Gasteiger partial charge is 0.448 e. The predicted molar refractivity (Wildman–Crippen MR) is 116 cm³/mol. The van der Waals surface area contributed by atoms with Crippen LogP contribution in [0.4, 0.5) is 22.2 Å². The molecule has 0 saturated heterocycles. The van der Waals surface area contributed by atoms with Gasteiger partial charge in [0, 0.05) is 18.0 Å². The maximum absolute atomic E-state index is 10.6. The van der Waals surface area contributed by atoms with Crippen LogP contribution in [0.25, 0.3) is 11.3 Å². The highest BCUT2D eigenvalue weighted by atomic mass is 16.5. The number of hydrogen-bond acceptors (Lipinski definition) is 8. The van der Waals surface area contributed by atoms with Crippen LogP contribution in [-0.4, -0.2) is 34.2 Å². The fraction of sp³-hybridized carbons (Fsp3) is 0.227. The molecule has 3 aromatic heterocycles. The molecule has 0 aromatic carbocycles. The molecule has 1 aliphatic carbocycles. The van der Waals surface area contributed by atoms with Crippen LogP contribution in [0.3, 0.4) is 0 Å². The number of carbonyl (C=O) groups is 1. The summed E-state index contributed by atoms with van der Waals surface area (Å²) in [6.45, 7) is 0.577. The Morgan fingerprint density at radius 2 is 2.03 bits per heavy atom. The number of nitrogens with zero attached hydrogens (tertiary/aromatic N) is 4. The number of nitrogens with two attached hydrogens (primary N) is 1. The zero-order valence-electron chi connectivity index (χ0n) is 16.7. The fourth-order valence-electron chi connectivity index (χ4n) is 3.10. The summed E-state index contributed by atoms with van der Waals surface area (Å²) >= 11 is 0. The molecule has 4 N–H and O–H groups in total. The first-order valence-electron chi connectivity index (χ1n) is 9.88. The van der Waals surface area contributed by atoms with E-state index in [1.807, 2.05) is 18.2 Å². The van der Waals surface area contributed by atoms with Gasteiger partial charge in [0.15, 0.2) is 0 Å². The highest BCUT2D eigenvalue weighted by Gasteiger charge is 2.25. The van der Waals surface area contributed by atoms with Gasteiger partial charge in [-0.1, -0.05) is 0 Å². The van der Waals surface area contributed by atoms with Crippen LogP contribution < -0.4 is 16.4 Å². The van der Waals surface area contributed by atoms with Crippen molar-refractivity contribution in [1.29, 1.82) is 5.26 Å². The van der Waals surface area contributed by atoms with Crippen LogP contribution in [0.2, 0.25) is 0 Å². The number of nitriles is 1. The van der Waals surface area contributed by atoms with Crippen LogP contribution >= 0.6 is 0 Å². The van der Waals surface area contributed by atoms with E-state index in [9.17, 15) is 4.79 Å². The number of ether oxygens (including phenoxy) is 1. The topological polar surface area (TPSA) is 139 Å². The lowest BCUT2D eigenvalue weighted by molar-refractivity contribution is 0.161. The van der Waals surface area contributed by atoms with Gasteiger partial charge in [-0.15, -0.1) is 0 Å². The normalized spacial score (nSPS) is 12.6. The van der Waals surface area contributed by atoms with Gasteiger partial charge >= 0.3 is 6.09 Å². The predicted octanol–water partition coefficient (Wildman–Crippen LogP) is 3.54. The van der Waals surface area contributed by atoms with E-state index in [0.717, 1.165) is 11.3 Å². The lowest BCUT2D eigenvalue weighted by Crippen LogP contribution is -2.18. The molecular weight excluding hydrogens is 394 g/mol. The van der Waals surface area contributed by atoms with Crippen molar-refractivity contribution in [2.45, 2.75) is 18.8 Å². The minimum absolute atomic E-state index is 0.166. The van der Waals surface area contributed by atoms with Gasteiger partial charge in [-0.3, -0.25) is 0 Å². The van der Waals surface area contributed by atoms with Gasteiger partial charge in [-0.25, -0.2) is 19.7 Å². The van der Waals surface area contributed by atoms with Crippen LogP contribution in [0, 0.1) is 11.3 Å². The Bertz CT molecular complexity index is 1120. The van der Waals surface area contributed by atoms with Crippen molar-refractivity contribution in [3.05, 3.63) is 59.9 Å². The van der Waals surface area contributed by atoms with E-state index in [1.54, 1.807) is 24.5 Å². The van der Waals surface area contributed by atoms with Crippen molar-refractivity contribution in [1.82, 2.24) is 15.0 Å². The number of anilines is 3. The number of aromatic nitrogens is 3. The van der Waals surface area contributed by atoms with E-state index in [0.29, 0.717) is 35.5 Å². The van der Waals surface area contributed by atoms with Gasteiger partial charge in [-0.2, -0.15) is 5.26 Å². The van der Waals surface area contributed by atoms with E-state index in [-0.39, 0.29) is 6.61 Å². The van der Waals surface area contributed by atoms with Crippen LogP contribution in [0.1, 0.15) is 29.9 Å². The summed E-state index contributed by atoms with van der Waals surface area (Å²) in [5.41, 5.74) is 8.37. The van der Waals surface area contributed by atoms with Gasteiger partial charge in [0.05, 0.1) is 23.9 Å². The summed E-state index contributed by atoms with van der Waals surface area (Å²) in [5, 5.41) is 15.4. The average molecular weight is 415 g/mol. The number of pyridine rings is 3. The van der Waals surface area contributed by atoms with E-state index >= 15 is 0 Å². The Labute approximate surface area is 179 Å². The maximum atomic E-state index is 10.6. The molecule has 31 heavy (non-hydrogen) atoms. The fourth-order valence-corrected chi connectivity index (χ4v) is 3.10. The number of amides is 1. The van der Waals surface area contributed by atoms with E-state index < -0.39 is 6.09 Å². The molecule has 0 radical (unpaired) electrons. The molecule has 0 atom stereocenters. The number of primary amides is 1. The van der Waals surface area contributed by atoms with Gasteiger partial charge in [-0.05, 0) is 60.7 Å². The third-order valence-electron chi connectivity index (χ3n) is 4.75. The number of nitrogens with one attached hydrogen (secondary N) is 2. The van der Waals surface area contributed by atoms with Gasteiger partial charge in [0.25, 0.3) is 0 Å². The summed E-state index contributed by atoms with van der Waals surface area (Å²) in [6, 6.07) is 13.4. The van der Waals surface area contributed by atoms with Crippen molar-refractivity contribution in [3.63, 3.8) is 0 Å². The Morgan fingerprint density at radius 1 is 1.16 bits per heavy atom. The summed E-state index contributed by atoms with van der Waals surface area (Å²) < 4.78 is 4.68. The zero-order chi connectivity index (χ0) is 21.6. The lowest BCUT2D eigenvalue weighted by Gasteiger charge is -2.11. The van der Waals surface area contributed by atoms with Crippen molar-refractivity contribution >= 4 is 23.5 Å². The molecule has 0 bridgehead atoms. The second-order valence-corrected chi connectivity index (χ2v) is 7.14. The molecule has 9 heteroatoms. The zero-order valence-corrected chi connectivity index (χ0v) is 16.7. The first kappa shape index (κ1) is 20.1. The molecule has 1 fully saturated rings. The second-order valence-electron chi connectivity index (χ2n) is 7.14. The standard InChI is InChI=1S/C22H21N7O2/c23-12-14-5-6-25-20(9-14)29-21-11-17(15-1-2-15)10-18(28-21)16-3-4-19(27-13-16)26-7-8-31-22(24)30/h3-6,9-11,13,15H,1-2,7-8H2,(H2,24,30)(H,26,27)(H,25,28,29). The van der Waals surface area contributed by atoms with Gasteiger partial charge in [0.1, 0.15) is 24.1 Å². The molecule has 1 amide bonds. The molecule has 0 spiro atoms.